The lowest BCUT2D eigenvalue weighted by Crippen LogP contribution is -2.45. The summed E-state index contributed by atoms with van der Waals surface area (Å²) in [6, 6.07) is 0.358. The van der Waals surface area contributed by atoms with Crippen LogP contribution in [0.1, 0.15) is 38.7 Å². The zero-order valence-corrected chi connectivity index (χ0v) is 11.1. The molecule has 1 aliphatic carbocycles. The highest BCUT2D eigenvalue weighted by Gasteiger charge is 2.39. The molecule has 2 rings (SSSR count). The molecule has 1 saturated carbocycles. The van der Waals surface area contributed by atoms with Gasteiger partial charge in [-0.05, 0) is 36.2 Å². The monoisotopic (exact) mass is 236 g/mol. The van der Waals surface area contributed by atoms with Crippen LogP contribution in [0.25, 0.3) is 0 Å². The van der Waals surface area contributed by atoms with Crippen LogP contribution >= 0.6 is 0 Å². The van der Waals surface area contributed by atoms with Gasteiger partial charge in [-0.2, -0.15) is 5.10 Å². The van der Waals surface area contributed by atoms with E-state index >= 15 is 0 Å². The molecular formula is C13H24N4. The number of nitrogens with one attached hydrogen (secondary N) is 1. The van der Waals surface area contributed by atoms with Gasteiger partial charge >= 0.3 is 0 Å². The molecule has 96 valence electrons. The first-order valence-corrected chi connectivity index (χ1v) is 6.46. The molecule has 1 aromatic rings. The summed E-state index contributed by atoms with van der Waals surface area (Å²) in [7, 11) is 1.95. The molecule has 0 bridgehead atoms. The van der Waals surface area contributed by atoms with Gasteiger partial charge in [0.1, 0.15) is 0 Å². The number of rotatable bonds is 4. The van der Waals surface area contributed by atoms with Crippen molar-refractivity contribution in [3.8, 4) is 0 Å². The number of nitrogens with two attached hydrogens (primary N) is 1. The van der Waals surface area contributed by atoms with Crippen molar-refractivity contribution in [1.29, 1.82) is 0 Å². The molecule has 0 aliphatic heterocycles. The van der Waals surface area contributed by atoms with E-state index in [1.807, 2.05) is 17.9 Å². The Labute approximate surface area is 104 Å². The summed E-state index contributed by atoms with van der Waals surface area (Å²) >= 11 is 0. The Kier molecular flexibility index (Phi) is 3.54. The molecule has 1 fully saturated rings. The number of aryl methyl sites for hydroxylation is 1. The molecule has 3 N–H and O–H groups in total. The molecule has 4 heteroatoms. The molecule has 0 saturated heterocycles. The summed E-state index contributed by atoms with van der Waals surface area (Å²) in [5.74, 6) is 6.41. The third kappa shape index (κ3) is 2.69. The Morgan fingerprint density at radius 2 is 2.41 bits per heavy atom. The minimum absolute atomic E-state index is 0.358. The quantitative estimate of drug-likeness (QED) is 0.617. The fraction of sp³-hybridized carbons (Fsp3) is 0.769. The summed E-state index contributed by atoms with van der Waals surface area (Å²) in [6.45, 7) is 4.72. The maximum Gasteiger partial charge on any atom is 0.0522 e. The summed E-state index contributed by atoms with van der Waals surface area (Å²) < 4.78 is 1.85. The molecule has 0 spiro atoms. The van der Waals surface area contributed by atoms with Crippen LogP contribution in [0.15, 0.2) is 12.4 Å². The summed E-state index contributed by atoms with van der Waals surface area (Å²) in [5, 5.41) is 4.22. The standard InChI is InChI=1S/C13H24N4/c1-13(2)6-4-5-11(13)12(16-14)7-10-8-15-17(3)9-10/h8-9,11-12,16H,4-7,14H2,1-3H3. The molecular weight excluding hydrogens is 212 g/mol. The lowest BCUT2D eigenvalue weighted by Gasteiger charge is -2.33. The number of hydrogen-bond donors (Lipinski definition) is 2. The second kappa shape index (κ2) is 4.78. The fourth-order valence-electron chi connectivity index (χ4n) is 3.25. The van der Waals surface area contributed by atoms with Crippen LogP contribution in [0, 0.1) is 11.3 Å². The van der Waals surface area contributed by atoms with Crippen molar-refractivity contribution in [2.75, 3.05) is 0 Å². The first-order valence-electron chi connectivity index (χ1n) is 6.46. The van der Waals surface area contributed by atoms with E-state index in [1.165, 1.54) is 24.8 Å². The number of aromatic nitrogens is 2. The molecule has 0 radical (unpaired) electrons. The third-order valence-corrected chi connectivity index (χ3v) is 4.25. The van der Waals surface area contributed by atoms with E-state index in [1.54, 1.807) is 0 Å². The minimum Gasteiger partial charge on any atom is -0.276 e. The van der Waals surface area contributed by atoms with Gasteiger partial charge < -0.3 is 0 Å². The Bertz CT molecular complexity index is 369. The molecule has 0 aromatic carbocycles. The molecule has 1 heterocycles. The van der Waals surface area contributed by atoms with Crippen molar-refractivity contribution in [2.24, 2.45) is 24.2 Å². The van der Waals surface area contributed by atoms with Crippen molar-refractivity contribution in [1.82, 2.24) is 15.2 Å². The van der Waals surface area contributed by atoms with Crippen LogP contribution in [0.2, 0.25) is 0 Å². The average Bonchev–Trinajstić information content (AvgIpc) is 2.81. The van der Waals surface area contributed by atoms with Crippen molar-refractivity contribution in [3.63, 3.8) is 0 Å². The number of nitrogens with zero attached hydrogens (tertiary/aromatic N) is 2. The van der Waals surface area contributed by atoms with Gasteiger partial charge in [-0.25, -0.2) is 0 Å². The summed E-state index contributed by atoms with van der Waals surface area (Å²) in [6.07, 6.45) is 8.89. The zero-order chi connectivity index (χ0) is 12.5. The number of hydrazine groups is 1. The van der Waals surface area contributed by atoms with E-state index in [-0.39, 0.29) is 0 Å². The van der Waals surface area contributed by atoms with Crippen LogP contribution in [0.3, 0.4) is 0 Å². The van der Waals surface area contributed by atoms with Crippen molar-refractivity contribution >= 4 is 0 Å². The van der Waals surface area contributed by atoms with Gasteiger partial charge in [0.2, 0.25) is 0 Å². The maximum absolute atomic E-state index is 5.75. The van der Waals surface area contributed by atoms with Crippen molar-refractivity contribution in [2.45, 2.75) is 45.6 Å². The SMILES string of the molecule is Cn1cc(CC(NN)C2CCCC2(C)C)cn1. The third-order valence-electron chi connectivity index (χ3n) is 4.25. The normalized spacial score (nSPS) is 25.1. The maximum atomic E-state index is 5.75. The Morgan fingerprint density at radius 3 is 2.88 bits per heavy atom. The highest BCUT2D eigenvalue weighted by molar-refractivity contribution is 5.08. The Hall–Kier alpha value is -0.870. The highest BCUT2D eigenvalue weighted by Crippen LogP contribution is 2.44. The largest absolute Gasteiger partial charge is 0.276 e. The molecule has 2 atom stereocenters. The minimum atomic E-state index is 0.358. The van der Waals surface area contributed by atoms with Crippen LogP contribution in [-0.4, -0.2) is 15.8 Å². The Morgan fingerprint density at radius 1 is 1.65 bits per heavy atom. The first kappa shape index (κ1) is 12.6. The second-order valence-electron chi connectivity index (χ2n) is 5.99. The number of hydrogen-bond acceptors (Lipinski definition) is 3. The summed E-state index contributed by atoms with van der Waals surface area (Å²) in [5.41, 5.74) is 4.68. The van der Waals surface area contributed by atoms with E-state index < -0.39 is 0 Å². The van der Waals surface area contributed by atoms with Crippen molar-refractivity contribution in [3.05, 3.63) is 18.0 Å². The lowest BCUT2D eigenvalue weighted by molar-refractivity contribution is 0.196. The van der Waals surface area contributed by atoms with Crippen molar-refractivity contribution < 1.29 is 0 Å². The predicted octanol–water partition coefficient (Wildman–Crippen LogP) is 1.62. The second-order valence-corrected chi connectivity index (χ2v) is 5.99. The van der Waals surface area contributed by atoms with Gasteiger partial charge in [-0.3, -0.25) is 16.0 Å². The van der Waals surface area contributed by atoms with Gasteiger partial charge in [0.15, 0.2) is 0 Å². The smallest absolute Gasteiger partial charge is 0.0522 e. The molecule has 1 aromatic heterocycles. The molecule has 2 unspecified atom stereocenters. The van der Waals surface area contributed by atoms with Crippen LogP contribution in [-0.2, 0) is 13.5 Å². The molecule has 1 aliphatic rings. The topological polar surface area (TPSA) is 55.9 Å². The van der Waals surface area contributed by atoms with Crippen LogP contribution in [0.5, 0.6) is 0 Å². The molecule has 17 heavy (non-hydrogen) atoms. The van der Waals surface area contributed by atoms with Gasteiger partial charge in [0.05, 0.1) is 6.20 Å². The van der Waals surface area contributed by atoms with E-state index in [4.69, 9.17) is 5.84 Å². The van der Waals surface area contributed by atoms with Gasteiger partial charge in [0.25, 0.3) is 0 Å². The van der Waals surface area contributed by atoms with Crippen LogP contribution < -0.4 is 11.3 Å². The highest BCUT2D eigenvalue weighted by atomic mass is 15.2. The van der Waals surface area contributed by atoms with Gasteiger partial charge in [-0.1, -0.05) is 20.3 Å². The average molecular weight is 236 g/mol. The van der Waals surface area contributed by atoms with E-state index in [0.29, 0.717) is 17.4 Å². The van der Waals surface area contributed by atoms with E-state index in [0.717, 1.165) is 6.42 Å². The van der Waals surface area contributed by atoms with E-state index in [9.17, 15) is 0 Å². The first-order chi connectivity index (χ1) is 8.03. The Balaban J connectivity index is 2.06. The predicted molar refractivity (Wildman–Crippen MR) is 69.1 cm³/mol. The zero-order valence-electron chi connectivity index (χ0n) is 11.1. The lowest BCUT2D eigenvalue weighted by atomic mass is 9.76. The van der Waals surface area contributed by atoms with E-state index in [2.05, 4.69) is 30.6 Å². The summed E-state index contributed by atoms with van der Waals surface area (Å²) in [4.78, 5) is 0. The van der Waals surface area contributed by atoms with Gasteiger partial charge in [-0.15, -0.1) is 0 Å². The van der Waals surface area contributed by atoms with Crippen LogP contribution in [0.4, 0.5) is 0 Å². The van der Waals surface area contributed by atoms with Gasteiger partial charge in [0, 0.05) is 19.3 Å². The molecule has 4 nitrogen and oxygen atoms in total. The fourth-order valence-corrected chi connectivity index (χ4v) is 3.25. The molecule has 0 amide bonds.